The van der Waals surface area contributed by atoms with E-state index in [-0.39, 0.29) is 4.90 Å². The van der Waals surface area contributed by atoms with Crippen LogP contribution in [0.2, 0.25) is 4.34 Å². The van der Waals surface area contributed by atoms with Gasteiger partial charge in [-0.25, -0.2) is 13.1 Å². The average molecular weight is 350 g/mol. The summed E-state index contributed by atoms with van der Waals surface area (Å²) in [7, 11) is -3.78. The summed E-state index contributed by atoms with van der Waals surface area (Å²) in [6, 6.07) is 2.99. The van der Waals surface area contributed by atoms with E-state index < -0.39 is 28.6 Å². The first kappa shape index (κ1) is 16.0. The van der Waals surface area contributed by atoms with Crippen molar-refractivity contribution in [3.8, 4) is 0 Å². The summed E-state index contributed by atoms with van der Waals surface area (Å²) in [6.45, 7) is 1.30. The number of halogens is 1. The molecule has 21 heavy (non-hydrogen) atoms. The molecule has 2 rings (SSSR count). The predicted octanol–water partition coefficient (Wildman–Crippen LogP) is 1.72. The minimum absolute atomic E-state index is 0.0850. The summed E-state index contributed by atoms with van der Waals surface area (Å²) >= 11 is 7.10. The van der Waals surface area contributed by atoms with Crippen molar-refractivity contribution >= 4 is 38.9 Å². The molecule has 2 N–H and O–H groups in total. The van der Waals surface area contributed by atoms with Gasteiger partial charge in [-0.1, -0.05) is 11.6 Å². The predicted molar refractivity (Wildman–Crippen MR) is 77.9 cm³/mol. The molecule has 0 fully saturated rings. The van der Waals surface area contributed by atoms with E-state index in [0.29, 0.717) is 4.34 Å². The number of nitrogens with zero attached hydrogens (tertiary/aromatic N) is 2. The van der Waals surface area contributed by atoms with Gasteiger partial charge in [0.25, 0.3) is 0 Å². The number of carbonyl (C=O) groups is 1. The number of thiophene rings is 1. The minimum Gasteiger partial charge on any atom is -0.480 e. The monoisotopic (exact) mass is 349 g/mol. The Labute approximate surface area is 130 Å². The van der Waals surface area contributed by atoms with Crippen LogP contribution in [0.5, 0.6) is 0 Å². The van der Waals surface area contributed by atoms with Gasteiger partial charge in [-0.05, 0) is 19.1 Å². The lowest BCUT2D eigenvalue weighted by molar-refractivity contribution is -0.137. The molecule has 0 spiro atoms. The molecule has 0 saturated heterocycles. The number of sulfonamides is 1. The molecule has 0 radical (unpaired) electrons. The number of carboxylic acid groups (broad SMARTS) is 1. The van der Waals surface area contributed by atoms with Crippen LogP contribution in [0.3, 0.4) is 0 Å². The Hall–Kier alpha value is -1.42. The minimum atomic E-state index is -3.78. The number of hydrogen-bond acceptors (Lipinski definition) is 5. The highest BCUT2D eigenvalue weighted by molar-refractivity contribution is 7.89. The van der Waals surface area contributed by atoms with Gasteiger partial charge in [0.2, 0.25) is 10.0 Å². The topological polar surface area (TPSA) is 101 Å². The zero-order valence-corrected chi connectivity index (χ0v) is 13.2. The van der Waals surface area contributed by atoms with Crippen molar-refractivity contribution in [3.63, 3.8) is 0 Å². The summed E-state index contributed by atoms with van der Waals surface area (Å²) < 4.78 is 28.5. The van der Waals surface area contributed by atoms with Crippen LogP contribution < -0.4 is 4.72 Å². The Bertz CT molecular complexity index is 753. The standard InChI is InChI=1S/C11H12ClN3O4S2/c1-7(9-2-3-10(12)20-9)14-21(18,19)8-4-13-15(5-8)6-11(16)17/h2-5,7,14H,6H2,1H3,(H,16,17). The maximum atomic E-state index is 12.2. The van der Waals surface area contributed by atoms with Gasteiger partial charge in [0.15, 0.2) is 0 Å². The van der Waals surface area contributed by atoms with Crippen LogP contribution in [0.15, 0.2) is 29.4 Å². The maximum Gasteiger partial charge on any atom is 0.325 e. The number of rotatable bonds is 6. The molecule has 0 bridgehead atoms. The summed E-state index contributed by atoms with van der Waals surface area (Å²) in [4.78, 5) is 11.2. The van der Waals surface area contributed by atoms with Crippen molar-refractivity contribution in [2.24, 2.45) is 0 Å². The zero-order chi connectivity index (χ0) is 15.6. The van der Waals surface area contributed by atoms with E-state index in [4.69, 9.17) is 16.7 Å². The van der Waals surface area contributed by atoms with E-state index in [2.05, 4.69) is 9.82 Å². The first-order valence-corrected chi connectivity index (χ1v) is 8.47. The normalized spacial score (nSPS) is 13.2. The van der Waals surface area contributed by atoms with Crippen molar-refractivity contribution in [2.45, 2.75) is 24.4 Å². The van der Waals surface area contributed by atoms with Crippen LogP contribution in [-0.4, -0.2) is 29.3 Å². The second kappa shape index (κ2) is 6.14. The maximum absolute atomic E-state index is 12.2. The van der Waals surface area contributed by atoms with Crippen molar-refractivity contribution in [1.82, 2.24) is 14.5 Å². The number of hydrogen-bond donors (Lipinski definition) is 2. The van der Waals surface area contributed by atoms with Crippen molar-refractivity contribution in [1.29, 1.82) is 0 Å². The molecule has 114 valence electrons. The lowest BCUT2D eigenvalue weighted by Gasteiger charge is -2.11. The van der Waals surface area contributed by atoms with E-state index in [1.807, 2.05) is 0 Å². The summed E-state index contributed by atoms with van der Waals surface area (Å²) in [6.07, 6.45) is 2.28. The Kier molecular flexibility index (Phi) is 4.67. The van der Waals surface area contributed by atoms with Crippen LogP contribution in [0.1, 0.15) is 17.8 Å². The van der Waals surface area contributed by atoms with E-state index in [1.54, 1.807) is 19.1 Å². The third-order valence-electron chi connectivity index (χ3n) is 2.57. The van der Waals surface area contributed by atoms with Crippen molar-refractivity contribution < 1.29 is 18.3 Å². The molecule has 1 atom stereocenters. The lowest BCUT2D eigenvalue weighted by Crippen LogP contribution is -2.26. The molecule has 0 saturated carbocycles. The van der Waals surface area contributed by atoms with Crippen LogP contribution >= 0.6 is 22.9 Å². The zero-order valence-electron chi connectivity index (χ0n) is 10.9. The molecule has 0 aliphatic rings. The van der Waals surface area contributed by atoms with Gasteiger partial charge >= 0.3 is 5.97 Å². The fraction of sp³-hybridized carbons (Fsp3) is 0.273. The smallest absolute Gasteiger partial charge is 0.325 e. The SMILES string of the molecule is CC(NS(=O)(=O)c1cnn(CC(=O)O)c1)c1ccc(Cl)s1. The molecule has 2 aromatic heterocycles. The Balaban J connectivity index is 2.14. The Morgan fingerprint density at radius 1 is 1.57 bits per heavy atom. The first-order valence-electron chi connectivity index (χ1n) is 5.80. The van der Waals surface area contributed by atoms with Gasteiger partial charge in [0.05, 0.1) is 16.6 Å². The second-order valence-corrected chi connectivity index (χ2v) is 7.71. The molecule has 2 heterocycles. The molecule has 10 heteroatoms. The van der Waals surface area contributed by atoms with Crippen molar-refractivity contribution in [3.05, 3.63) is 33.7 Å². The second-order valence-electron chi connectivity index (χ2n) is 4.25. The number of aliphatic carboxylic acids is 1. The van der Waals surface area contributed by atoms with Gasteiger partial charge in [-0.15, -0.1) is 11.3 Å². The van der Waals surface area contributed by atoms with Gasteiger partial charge in [-0.3, -0.25) is 9.48 Å². The third-order valence-corrected chi connectivity index (χ3v) is 5.48. The van der Waals surface area contributed by atoms with Crippen molar-refractivity contribution in [2.75, 3.05) is 0 Å². The van der Waals surface area contributed by atoms with Crippen LogP contribution in [0.25, 0.3) is 0 Å². The van der Waals surface area contributed by atoms with Gasteiger partial charge < -0.3 is 5.11 Å². The Morgan fingerprint density at radius 2 is 2.29 bits per heavy atom. The van der Waals surface area contributed by atoms with Crippen LogP contribution in [0.4, 0.5) is 0 Å². The number of carboxylic acids is 1. The quantitative estimate of drug-likeness (QED) is 0.826. The summed E-state index contributed by atoms with van der Waals surface area (Å²) in [5.41, 5.74) is 0. The fourth-order valence-corrected chi connectivity index (χ4v) is 3.94. The molecular weight excluding hydrogens is 338 g/mol. The number of nitrogens with one attached hydrogen (secondary N) is 1. The molecular formula is C11H12ClN3O4S2. The van der Waals surface area contributed by atoms with E-state index in [9.17, 15) is 13.2 Å². The summed E-state index contributed by atoms with van der Waals surface area (Å²) in [5, 5.41) is 12.3. The third kappa shape index (κ3) is 4.03. The largest absolute Gasteiger partial charge is 0.480 e. The van der Waals surface area contributed by atoms with Gasteiger partial charge in [0, 0.05) is 11.1 Å². The molecule has 0 aromatic carbocycles. The first-order chi connectivity index (χ1) is 9.78. The van der Waals surface area contributed by atoms with E-state index in [0.717, 1.165) is 15.8 Å². The molecule has 2 aromatic rings. The highest BCUT2D eigenvalue weighted by atomic mass is 35.5. The fourth-order valence-electron chi connectivity index (χ4n) is 1.63. The average Bonchev–Trinajstić information content (AvgIpc) is 2.97. The van der Waals surface area contributed by atoms with Crippen LogP contribution in [0, 0.1) is 0 Å². The van der Waals surface area contributed by atoms with E-state index >= 15 is 0 Å². The highest BCUT2D eigenvalue weighted by Crippen LogP contribution is 2.27. The van der Waals surface area contributed by atoms with Crippen LogP contribution in [-0.2, 0) is 21.4 Å². The summed E-state index contributed by atoms with van der Waals surface area (Å²) in [5.74, 6) is -1.10. The molecule has 0 aliphatic heterocycles. The van der Waals surface area contributed by atoms with Gasteiger partial charge in [0.1, 0.15) is 11.4 Å². The molecule has 0 amide bonds. The number of aromatic nitrogens is 2. The molecule has 7 nitrogen and oxygen atoms in total. The molecule has 0 aliphatic carbocycles. The van der Waals surface area contributed by atoms with E-state index in [1.165, 1.54) is 17.5 Å². The lowest BCUT2D eigenvalue weighted by atomic mass is 10.3. The van der Waals surface area contributed by atoms with Gasteiger partial charge in [-0.2, -0.15) is 5.10 Å². The molecule has 1 unspecified atom stereocenters. The highest BCUT2D eigenvalue weighted by Gasteiger charge is 2.21. The Morgan fingerprint density at radius 3 is 2.86 bits per heavy atom.